The third kappa shape index (κ3) is 3.89. The first-order valence-corrected chi connectivity index (χ1v) is 10.3. The van der Waals surface area contributed by atoms with Gasteiger partial charge in [0.1, 0.15) is 5.75 Å². The molecule has 30 heavy (non-hydrogen) atoms. The van der Waals surface area contributed by atoms with Gasteiger partial charge in [0.05, 0.1) is 27.3 Å². The SMILES string of the molecule is Nc1cccc(S(=O)(=O)Nc2nc3ccccc3nc2Nc2cc(O)ccc2N)c1. The molecule has 9 nitrogen and oxygen atoms in total. The van der Waals surface area contributed by atoms with E-state index in [0.717, 1.165) is 0 Å². The van der Waals surface area contributed by atoms with Gasteiger partial charge in [-0.3, -0.25) is 4.72 Å². The molecule has 3 aromatic carbocycles. The topological polar surface area (TPSA) is 156 Å². The van der Waals surface area contributed by atoms with Gasteiger partial charge in [0.15, 0.2) is 11.6 Å². The number of nitrogens with two attached hydrogens (primary N) is 2. The highest BCUT2D eigenvalue weighted by Crippen LogP contribution is 2.31. The Labute approximate surface area is 172 Å². The second-order valence-electron chi connectivity index (χ2n) is 6.48. The number of nitrogen functional groups attached to an aromatic ring is 2. The maximum Gasteiger partial charge on any atom is 0.263 e. The fraction of sp³-hybridized carbons (Fsp3) is 0. The number of benzene rings is 3. The third-order valence-electron chi connectivity index (χ3n) is 4.26. The van der Waals surface area contributed by atoms with Crippen LogP contribution in [0.4, 0.5) is 28.7 Å². The summed E-state index contributed by atoms with van der Waals surface area (Å²) in [6, 6.07) is 17.3. The van der Waals surface area contributed by atoms with E-state index in [9.17, 15) is 13.5 Å². The Balaban J connectivity index is 1.81. The standard InChI is InChI=1S/C20H18N6O3S/c21-12-4-3-5-14(10-12)30(28,29)26-20-19(23-16-6-1-2-7-17(16)24-20)25-18-11-13(27)8-9-15(18)22/h1-11,27H,21-22H2,(H,23,25)(H,24,26). The van der Waals surface area contributed by atoms with E-state index in [2.05, 4.69) is 20.0 Å². The zero-order chi connectivity index (χ0) is 21.3. The number of sulfonamides is 1. The maximum atomic E-state index is 12.9. The number of rotatable bonds is 5. The van der Waals surface area contributed by atoms with Gasteiger partial charge in [-0.1, -0.05) is 18.2 Å². The van der Waals surface area contributed by atoms with Gasteiger partial charge in [-0.05, 0) is 42.5 Å². The zero-order valence-electron chi connectivity index (χ0n) is 15.6. The van der Waals surface area contributed by atoms with Crippen LogP contribution in [0.15, 0.2) is 71.6 Å². The quantitative estimate of drug-likeness (QED) is 0.243. The normalized spacial score (nSPS) is 11.3. The molecule has 4 aromatic rings. The van der Waals surface area contributed by atoms with Crippen molar-refractivity contribution >= 4 is 49.8 Å². The van der Waals surface area contributed by atoms with E-state index < -0.39 is 10.0 Å². The molecule has 0 radical (unpaired) electrons. The Bertz CT molecular complexity index is 1360. The Morgan fingerprint density at radius 1 is 0.833 bits per heavy atom. The second-order valence-corrected chi connectivity index (χ2v) is 8.17. The number of hydrogen-bond donors (Lipinski definition) is 5. The minimum Gasteiger partial charge on any atom is -0.508 e. The summed E-state index contributed by atoms with van der Waals surface area (Å²) >= 11 is 0. The first kappa shape index (κ1) is 19.3. The van der Waals surface area contributed by atoms with Crippen LogP contribution in [0.5, 0.6) is 5.75 Å². The molecule has 0 saturated heterocycles. The number of hydrogen-bond acceptors (Lipinski definition) is 8. The van der Waals surface area contributed by atoms with Gasteiger partial charge in [0.25, 0.3) is 10.0 Å². The molecule has 0 aliphatic carbocycles. The van der Waals surface area contributed by atoms with Crippen molar-refractivity contribution in [3.63, 3.8) is 0 Å². The van der Waals surface area contributed by atoms with E-state index in [-0.39, 0.29) is 22.3 Å². The summed E-state index contributed by atoms with van der Waals surface area (Å²) in [5, 5.41) is 12.7. The lowest BCUT2D eigenvalue weighted by atomic mass is 10.2. The van der Waals surface area contributed by atoms with Gasteiger partial charge in [0, 0.05) is 11.8 Å². The Hall–Kier alpha value is -4.05. The van der Waals surface area contributed by atoms with Crippen LogP contribution in [0.1, 0.15) is 0 Å². The number of nitrogens with zero attached hydrogens (tertiary/aromatic N) is 2. The summed E-state index contributed by atoms with van der Waals surface area (Å²) in [6.45, 7) is 0. The summed E-state index contributed by atoms with van der Waals surface area (Å²) < 4.78 is 28.2. The Morgan fingerprint density at radius 3 is 2.23 bits per heavy atom. The predicted molar refractivity (Wildman–Crippen MR) is 117 cm³/mol. The molecular weight excluding hydrogens is 404 g/mol. The van der Waals surface area contributed by atoms with Crippen LogP contribution in [-0.4, -0.2) is 23.5 Å². The number of aromatic nitrogens is 2. The molecule has 0 aliphatic heterocycles. The molecule has 0 aliphatic rings. The van der Waals surface area contributed by atoms with Crippen molar-refractivity contribution in [1.29, 1.82) is 0 Å². The average Bonchev–Trinajstić information content (AvgIpc) is 2.71. The molecule has 1 aromatic heterocycles. The smallest absolute Gasteiger partial charge is 0.263 e. The van der Waals surface area contributed by atoms with Gasteiger partial charge in [-0.15, -0.1) is 0 Å². The van der Waals surface area contributed by atoms with E-state index in [0.29, 0.717) is 28.1 Å². The van der Waals surface area contributed by atoms with Gasteiger partial charge in [-0.2, -0.15) is 0 Å². The monoisotopic (exact) mass is 422 g/mol. The average molecular weight is 422 g/mol. The van der Waals surface area contributed by atoms with E-state index in [1.807, 2.05) is 0 Å². The highest BCUT2D eigenvalue weighted by Gasteiger charge is 2.19. The lowest BCUT2D eigenvalue weighted by Crippen LogP contribution is -2.16. The Kier molecular flexibility index (Phi) is 4.76. The lowest BCUT2D eigenvalue weighted by Gasteiger charge is -2.15. The highest BCUT2D eigenvalue weighted by atomic mass is 32.2. The minimum absolute atomic E-state index is 0.0117. The number of phenols is 1. The molecule has 0 fully saturated rings. The largest absolute Gasteiger partial charge is 0.508 e. The van der Waals surface area contributed by atoms with Gasteiger partial charge in [0.2, 0.25) is 0 Å². The van der Waals surface area contributed by atoms with Gasteiger partial charge < -0.3 is 21.9 Å². The summed E-state index contributed by atoms with van der Waals surface area (Å²) in [6.07, 6.45) is 0. The van der Waals surface area contributed by atoms with Crippen LogP contribution in [0.25, 0.3) is 11.0 Å². The molecule has 7 N–H and O–H groups in total. The van der Waals surface area contributed by atoms with Crippen LogP contribution in [0, 0.1) is 0 Å². The van der Waals surface area contributed by atoms with Crippen LogP contribution < -0.4 is 21.5 Å². The van der Waals surface area contributed by atoms with E-state index in [4.69, 9.17) is 11.5 Å². The molecule has 0 saturated carbocycles. The number of para-hydroxylation sites is 2. The van der Waals surface area contributed by atoms with Crippen LogP contribution >= 0.6 is 0 Å². The van der Waals surface area contributed by atoms with Crippen molar-refractivity contribution in [1.82, 2.24) is 9.97 Å². The molecule has 10 heteroatoms. The molecule has 4 rings (SSSR count). The fourth-order valence-electron chi connectivity index (χ4n) is 2.81. The first-order chi connectivity index (χ1) is 14.3. The van der Waals surface area contributed by atoms with Gasteiger partial charge in [-0.25, -0.2) is 18.4 Å². The number of fused-ring (bicyclic) bond motifs is 1. The Morgan fingerprint density at radius 2 is 1.53 bits per heavy atom. The van der Waals surface area contributed by atoms with Crippen LogP contribution in [-0.2, 0) is 10.0 Å². The van der Waals surface area contributed by atoms with E-state index in [1.165, 1.54) is 30.3 Å². The van der Waals surface area contributed by atoms with Crippen molar-refractivity contribution in [3.05, 3.63) is 66.7 Å². The van der Waals surface area contributed by atoms with E-state index in [1.54, 1.807) is 36.4 Å². The molecule has 0 unspecified atom stereocenters. The van der Waals surface area contributed by atoms with Crippen molar-refractivity contribution in [3.8, 4) is 5.75 Å². The predicted octanol–water partition coefficient (Wildman–Crippen LogP) is 3.04. The first-order valence-electron chi connectivity index (χ1n) is 8.82. The minimum atomic E-state index is -3.99. The molecule has 0 bridgehead atoms. The van der Waals surface area contributed by atoms with Crippen molar-refractivity contribution in [2.24, 2.45) is 0 Å². The van der Waals surface area contributed by atoms with Crippen molar-refractivity contribution < 1.29 is 13.5 Å². The number of nitrogens with one attached hydrogen (secondary N) is 2. The van der Waals surface area contributed by atoms with E-state index >= 15 is 0 Å². The van der Waals surface area contributed by atoms with Gasteiger partial charge >= 0.3 is 0 Å². The lowest BCUT2D eigenvalue weighted by molar-refractivity contribution is 0.475. The molecule has 0 atom stereocenters. The summed E-state index contributed by atoms with van der Waals surface area (Å²) in [7, 11) is -3.99. The highest BCUT2D eigenvalue weighted by molar-refractivity contribution is 7.92. The maximum absolute atomic E-state index is 12.9. The van der Waals surface area contributed by atoms with Crippen molar-refractivity contribution in [2.75, 3.05) is 21.5 Å². The van der Waals surface area contributed by atoms with Crippen molar-refractivity contribution in [2.45, 2.75) is 4.90 Å². The fourth-order valence-corrected chi connectivity index (χ4v) is 3.87. The van der Waals surface area contributed by atoms with Crippen LogP contribution in [0.3, 0.4) is 0 Å². The molecule has 152 valence electrons. The molecular formula is C20H18N6O3S. The summed E-state index contributed by atoms with van der Waals surface area (Å²) in [4.78, 5) is 8.87. The molecule has 1 heterocycles. The number of anilines is 5. The number of phenolic OH excluding ortho intramolecular Hbond substituents is 1. The molecule has 0 spiro atoms. The summed E-state index contributed by atoms with van der Waals surface area (Å²) in [5.74, 6) is 0.0830. The second kappa shape index (κ2) is 7.41. The zero-order valence-corrected chi connectivity index (χ0v) is 16.4. The molecule has 0 amide bonds. The third-order valence-corrected chi connectivity index (χ3v) is 5.60. The van der Waals surface area contributed by atoms with Crippen LogP contribution in [0.2, 0.25) is 0 Å². The summed E-state index contributed by atoms with van der Waals surface area (Å²) in [5.41, 5.74) is 13.7. The number of aromatic hydroxyl groups is 1.